The molecular formula is C28H48O6P2. The van der Waals surface area contributed by atoms with Gasteiger partial charge in [0.1, 0.15) is 0 Å². The lowest BCUT2D eigenvalue weighted by Crippen LogP contribution is -2.58. The van der Waals surface area contributed by atoms with E-state index in [4.69, 9.17) is 0 Å². The van der Waals surface area contributed by atoms with Crippen LogP contribution in [0.4, 0.5) is 0 Å². The average molecular weight is 543 g/mol. The van der Waals surface area contributed by atoms with E-state index in [1.807, 2.05) is 55.4 Å². The van der Waals surface area contributed by atoms with E-state index in [1.165, 1.54) is 0 Å². The zero-order valence-electron chi connectivity index (χ0n) is 23.8. The van der Waals surface area contributed by atoms with E-state index < -0.39 is 53.6 Å². The highest BCUT2D eigenvalue weighted by Crippen LogP contribution is 2.68. The van der Waals surface area contributed by atoms with E-state index in [2.05, 4.69) is 0 Å². The Labute approximate surface area is 220 Å². The molecule has 0 radical (unpaired) electrons. The molecule has 0 amide bonds. The van der Waals surface area contributed by atoms with Crippen LogP contribution in [0.1, 0.15) is 126 Å². The van der Waals surface area contributed by atoms with Crippen molar-refractivity contribution in [2.24, 2.45) is 17.3 Å². The minimum absolute atomic E-state index is 0.0534. The van der Waals surface area contributed by atoms with Crippen molar-refractivity contribution in [1.29, 1.82) is 0 Å². The van der Waals surface area contributed by atoms with Crippen LogP contribution in [0, 0.1) is 17.3 Å². The Kier molecular flexibility index (Phi) is 9.66. The van der Waals surface area contributed by atoms with Crippen LogP contribution in [-0.4, -0.2) is 32.6 Å². The maximum atomic E-state index is 13.3. The van der Waals surface area contributed by atoms with Gasteiger partial charge in [-0.1, -0.05) is 34.8 Å². The predicted molar refractivity (Wildman–Crippen MR) is 142 cm³/mol. The summed E-state index contributed by atoms with van der Waals surface area (Å²) in [5, 5.41) is 22.1. The second-order valence-electron chi connectivity index (χ2n) is 14.0. The number of hydrogen-bond donors (Lipinski definition) is 0. The molecule has 0 saturated carbocycles. The highest BCUT2D eigenvalue weighted by molar-refractivity contribution is 7.48. The molecule has 0 aromatic heterocycles. The SMILES string of the molecule is CC1(C)CC(C(CCCCCCCC(=O)[O-])(C(=O)[O-])C2CC(C)(C)[P+](=O)C(C)(C)C2)CC(C)(C)[P+]1=O. The molecular weight excluding hydrogens is 494 g/mol. The van der Waals surface area contributed by atoms with Crippen LogP contribution >= 0.6 is 15.6 Å². The Balaban J connectivity index is 2.43. The summed E-state index contributed by atoms with van der Waals surface area (Å²) >= 11 is 0. The molecule has 0 aromatic rings. The summed E-state index contributed by atoms with van der Waals surface area (Å²) in [6, 6.07) is 0. The second kappa shape index (κ2) is 11.1. The number of carboxylic acid groups (broad SMARTS) is 2. The molecule has 2 heterocycles. The van der Waals surface area contributed by atoms with E-state index in [0.29, 0.717) is 44.9 Å². The quantitative estimate of drug-likeness (QED) is 0.241. The molecule has 0 spiro atoms. The molecule has 8 heteroatoms. The van der Waals surface area contributed by atoms with Gasteiger partial charge in [-0.25, -0.2) is 0 Å². The molecule has 2 aliphatic heterocycles. The van der Waals surface area contributed by atoms with Gasteiger partial charge < -0.3 is 19.8 Å². The van der Waals surface area contributed by atoms with Gasteiger partial charge in [-0.3, -0.25) is 0 Å². The summed E-state index contributed by atoms with van der Waals surface area (Å²) in [5.74, 6) is -2.40. The molecule has 0 unspecified atom stereocenters. The largest absolute Gasteiger partial charge is 0.550 e. The van der Waals surface area contributed by atoms with Crippen molar-refractivity contribution in [3.05, 3.63) is 0 Å². The van der Waals surface area contributed by atoms with Gasteiger partial charge in [-0.05, 0) is 86.5 Å². The summed E-state index contributed by atoms with van der Waals surface area (Å²) < 4.78 is 26.7. The van der Waals surface area contributed by atoms with Gasteiger partial charge in [-0.2, -0.15) is 0 Å². The number of rotatable bonds is 11. The van der Waals surface area contributed by atoms with Gasteiger partial charge in [0.2, 0.25) is 0 Å². The van der Waals surface area contributed by atoms with E-state index in [9.17, 15) is 28.9 Å². The lowest BCUT2D eigenvalue weighted by atomic mass is 9.56. The minimum atomic E-state index is -1.53. The lowest BCUT2D eigenvalue weighted by molar-refractivity contribution is -0.327. The molecule has 2 rings (SSSR count). The van der Waals surface area contributed by atoms with Gasteiger partial charge in [0.15, 0.2) is 20.6 Å². The first kappa shape index (κ1) is 31.4. The van der Waals surface area contributed by atoms with Gasteiger partial charge in [0.25, 0.3) is 0 Å². The maximum Gasteiger partial charge on any atom is 0.350 e. The van der Waals surface area contributed by atoms with E-state index in [-0.39, 0.29) is 18.3 Å². The monoisotopic (exact) mass is 542 g/mol. The summed E-state index contributed by atoms with van der Waals surface area (Å²) in [7, 11) is -3.05. The number of aliphatic carboxylic acids is 2. The van der Waals surface area contributed by atoms with Crippen LogP contribution in [0.3, 0.4) is 0 Å². The predicted octanol–water partition coefficient (Wildman–Crippen LogP) is 5.79. The van der Waals surface area contributed by atoms with Gasteiger partial charge >= 0.3 is 15.6 Å². The van der Waals surface area contributed by atoms with Crippen molar-refractivity contribution in [2.75, 3.05) is 0 Å². The molecule has 2 aliphatic rings. The molecule has 0 aliphatic carbocycles. The van der Waals surface area contributed by atoms with Crippen LogP contribution in [-0.2, 0) is 18.7 Å². The molecule has 206 valence electrons. The third-order valence-corrected chi connectivity index (χ3v) is 14.1. The van der Waals surface area contributed by atoms with E-state index in [1.54, 1.807) is 0 Å². The number of unbranched alkanes of at least 4 members (excludes halogenated alkanes) is 4. The summed E-state index contributed by atoms with van der Waals surface area (Å²) in [6.07, 6.45) is 6.58. The van der Waals surface area contributed by atoms with Crippen LogP contribution in [0.2, 0.25) is 0 Å². The van der Waals surface area contributed by atoms with Gasteiger partial charge in [-0.15, -0.1) is 0 Å². The standard InChI is InChI=1S/C28H48O6P2/c1-24(2)16-20(17-25(3,4)35(24)33)28(23(31)32,15-13-11-9-10-12-14-22(29)30)21-18-26(5,6)36(34)27(7,8)19-21/h20-21H,9-19H2,1-8H3. The minimum Gasteiger partial charge on any atom is -0.550 e. The van der Waals surface area contributed by atoms with Crippen LogP contribution in [0.25, 0.3) is 0 Å². The van der Waals surface area contributed by atoms with Gasteiger partial charge in [0, 0.05) is 43.0 Å². The summed E-state index contributed by atoms with van der Waals surface area (Å²) in [5.41, 5.74) is -1.08. The van der Waals surface area contributed by atoms with Crippen molar-refractivity contribution in [2.45, 2.75) is 147 Å². The summed E-state index contributed by atoms with van der Waals surface area (Å²) in [4.78, 5) is 24.0. The number of carbonyl (C=O) groups is 2. The molecule has 2 fully saturated rings. The molecule has 0 atom stereocenters. The van der Waals surface area contributed by atoms with Crippen molar-refractivity contribution in [1.82, 2.24) is 0 Å². The molecule has 0 bridgehead atoms. The Hall–Kier alpha value is -0.860. The Morgan fingerprint density at radius 2 is 1.00 bits per heavy atom. The Morgan fingerprint density at radius 1 is 0.667 bits per heavy atom. The van der Waals surface area contributed by atoms with Crippen molar-refractivity contribution >= 4 is 27.5 Å². The normalized spacial score (nSPS) is 30.3. The Bertz CT molecular complexity index is 785. The van der Waals surface area contributed by atoms with Crippen molar-refractivity contribution in [3.8, 4) is 0 Å². The first-order valence-corrected chi connectivity index (χ1v) is 16.2. The van der Waals surface area contributed by atoms with Crippen molar-refractivity contribution in [3.63, 3.8) is 0 Å². The highest BCUT2D eigenvalue weighted by Gasteiger charge is 2.66. The maximum absolute atomic E-state index is 13.3. The van der Waals surface area contributed by atoms with E-state index in [0.717, 1.165) is 19.3 Å². The number of carboxylic acids is 2. The Morgan fingerprint density at radius 3 is 1.33 bits per heavy atom. The zero-order chi connectivity index (χ0) is 27.7. The van der Waals surface area contributed by atoms with Crippen LogP contribution < -0.4 is 10.2 Å². The molecule has 2 saturated heterocycles. The number of hydrogen-bond acceptors (Lipinski definition) is 6. The third kappa shape index (κ3) is 6.58. The smallest absolute Gasteiger partial charge is 0.350 e. The van der Waals surface area contributed by atoms with Crippen LogP contribution in [0.5, 0.6) is 0 Å². The second-order valence-corrected chi connectivity index (χ2v) is 20.0. The third-order valence-electron chi connectivity index (χ3n) is 8.99. The van der Waals surface area contributed by atoms with Gasteiger partial charge in [0.05, 0.1) is 0 Å². The lowest BCUT2D eigenvalue weighted by Gasteiger charge is -2.54. The fraction of sp³-hybridized carbons (Fsp3) is 0.929. The average Bonchev–Trinajstić information content (AvgIpc) is 2.70. The number of carbonyl (C=O) groups excluding carboxylic acids is 2. The molecule has 6 nitrogen and oxygen atoms in total. The van der Waals surface area contributed by atoms with E-state index >= 15 is 0 Å². The molecule has 36 heavy (non-hydrogen) atoms. The van der Waals surface area contributed by atoms with Crippen molar-refractivity contribution < 1.29 is 28.9 Å². The molecule has 0 aromatic carbocycles. The topological polar surface area (TPSA) is 114 Å². The highest BCUT2D eigenvalue weighted by atomic mass is 31.1. The molecule has 0 N–H and O–H groups in total. The van der Waals surface area contributed by atoms with Crippen LogP contribution in [0.15, 0.2) is 0 Å². The fourth-order valence-corrected chi connectivity index (χ4v) is 12.5. The first-order chi connectivity index (χ1) is 16.3. The zero-order valence-corrected chi connectivity index (χ0v) is 25.6. The first-order valence-electron chi connectivity index (χ1n) is 13.7. The summed E-state index contributed by atoms with van der Waals surface area (Å²) in [6.45, 7) is 16.0. The fourth-order valence-electron chi connectivity index (χ4n) is 7.65.